The van der Waals surface area contributed by atoms with E-state index in [1.54, 1.807) is 5.56 Å². The van der Waals surface area contributed by atoms with E-state index in [1.807, 2.05) is 0 Å². The molecule has 2 heteroatoms. The van der Waals surface area contributed by atoms with E-state index in [4.69, 9.17) is 5.73 Å². The third-order valence-corrected chi connectivity index (χ3v) is 6.32. The molecule has 114 valence electrons. The first-order valence-corrected chi connectivity index (χ1v) is 8.86. The van der Waals surface area contributed by atoms with Crippen LogP contribution in [0, 0.1) is 5.92 Å². The lowest BCUT2D eigenvalue weighted by atomic mass is 9.74. The van der Waals surface area contributed by atoms with Gasteiger partial charge in [-0.3, -0.25) is 0 Å². The zero-order valence-corrected chi connectivity index (χ0v) is 13.1. The summed E-state index contributed by atoms with van der Waals surface area (Å²) in [6, 6.07) is 9.42. The molecule has 0 aromatic heterocycles. The van der Waals surface area contributed by atoms with Crippen molar-refractivity contribution in [1.29, 1.82) is 0 Å². The first-order valence-electron chi connectivity index (χ1n) is 8.86. The minimum absolute atomic E-state index is 0.0498. The summed E-state index contributed by atoms with van der Waals surface area (Å²) in [5.74, 6) is 1.68. The van der Waals surface area contributed by atoms with Gasteiger partial charge in [-0.25, -0.2) is 0 Å². The third kappa shape index (κ3) is 2.53. The van der Waals surface area contributed by atoms with Crippen LogP contribution in [-0.2, 0) is 5.54 Å². The van der Waals surface area contributed by atoms with E-state index in [2.05, 4.69) is 29.2 Å². The molecular weight excluding hydrogens is 256 g/mol. The van der Waals surface area contributed by atoms with Gasteiger partial charge in [-0.05, 0) is 61.7 Å². The number of piperidine rings is 3. The normalized spacial score (nSPS) is 34.8. The molecule has 4 aliphatic rings. The topological polar surface area (TPSA) is 29.3 Å². The molecule has 1 atom stereocenters. The molecule has 0 radical (unpaired) electrons. The predicted molar refractivity (Wildman–Crippen MR) is 87.3 cm³/mol. The van der Waals surface area contributed by atoms with Crippen molar-refractivity contribution in [3.8, 4) is 0 Å². The van der Waals surface area contributed by atoms with E-state index in [-0.39, 0.29) is 5.54 Å². The van der Waals surface area contributed by atoms with Crippen LogP contribution in [0.1, 0.15) is 62.0 Å². The molecule has 5 rings (SSSR count). The fourth-order valence-corrected chi connectivity index (χ4v) is 4.88. The Balaban J connectivity index is 1.53. The van der Waals surface area contributed by atoms with Crippen LogP contribution >= 0.6 is 0 Å². The van der Waals surface area contributed by atoms with Gasteiger partial charge in [0.05, 0.1) is 0 Å². The van der Waals surface area contributed by atoms with Gasteiger partial charge >= 0.3 is 0 Å². The van der Waals surface area contributed by atoms with Gasteiger partial charge in [0.2, 0.25) is 0 Å². The fraction of sp³-hybridized carbons (Fsp3) is 0.684. The Hall–Kier alpha value is -0.860. The number of benzene rings is 1. The quantitative estimate of drug-likeness (QED) is 0.899. The van der Waals surface area contributed by atoms with Gasteiger partial charge in [0, 0.05) is 12.1 Å². The summed E-state index contributed by atoms with van der Waals surface area (Å²) in [6.45, 7) is 3.92. The van der Waals surface area contributed by atoms with Gasteiger partial charge in [0.15, 0.2) is 0 Å². The second kappa shape index (κ2) is 5.40. The fourth-order valence-electron chi connectivity index (χ4n) is 4.88. The molecule has 0 amide bonds. The first-order chi connectivity index (χ1) is 10.2. The van der Waals surface area contributed by atoms with Crippen molar-refractivity contribution >= 4 is 0 Å². The SMILES string of the molecule is NC1(c2ccc(C3CN4CCC3CC4)cc2)CCCCC1. The van der Waals surface area contributed by atoms with Gasteiger partial charge in [0.25, 0.3) is 0 Å². The number of fused-ring (bicyclic) bond motifs is 3. The van der Waals surface area contributed by atoms with Crippen LogP contribution in [0.25, 0.3) is 0 Å². The van der Waals surface area contributed by atoms with Crippen molar-refractivity contribution in [2.24, 2.45) is 11.7 Å². The van der Waals surface area contributed by atoms with Crippen LogP contribution in [-0.4, -0.2) is 24.5 Å². The number of nitrogens with two attached hydrogens (primary N) is 1. The Bertz CT molecular complexity index is 479. The van der Waals surface area contributed by atoms with E-state index in [0.717, 1.165) is 24.7 Å². The first kappa shape index (κ1) is 13.8. The molecule has 3 heterocycles. The van der Waals surface area contributed by atoms with Crippen molar-refractivity contribution in [2.45, 2.75) is 56.4 Å². The molecule has 1 saturated carbocycles. The lowest BCUT2D eigenvalue weighted by Crippen LogP contribution is -2.46. The molecule has 4 fully saturated rings. The van der Waals surface area contributed by atoms with E-state index in [1.165, 1.54) is 57.3 Å². The molecule has 3 saturated heterocycles. The average Bonchev–Trinajstić information content (AvgIpc) is 2.57. The monoisotopic (exact) mass is 284 g/mol. The highest BCUT2D eigenvalue weighted by Crippen LogP contribution is 2.40. The average molecular weight is 284 g/mol. The maximum Gasteiger partial charge on any atom is 0.0409 e. The number of hydrogen-bond acceptors (Lipinski definition) is 2. The molecule has 1 aliphatic carbocycles. The molecule has 1 unspecified atom stereocenters. The van der Waals surface area contributed by atoms with Crippen LogP contribution in [0.2, 0.25) is 0 Å². The number of nitrogens with zero attached hydrogens (tertiary/aromatic N) is 1. The van der Waals surface area contributed by atoms with Crippen LogP contribution < -0.4 is 5.73 Å². The molecular formula is C19H28N2. The largest absolute Gasteiger partial charge is 0.321 e. The second-order valence-electron chi connectivity index (χ2n) is 7.58. The molecule has 3 aliphatic heterocycles. The minimum atomic E-state index is -0.0498. The van der Waals surface area contributed by atoms with Crippen LogP contribution in [0.3, 0.4) is 0 Å². The standard InChI is InChI=1S/C19H28N2/c20-19(10-2-1-3-11-19)17-6-4-15(5-7-17)18-14-21-12-8-16(18)9-13-21/h4-7,16,18H,1-3,8-14,20H2. The van der Waals surface area contributed by atoms with E-state index < -0.39 is 0 Å². The van der Waals surface area contributed by atoms with Gasteiger partial charge < -0.3 is 10.6 Å². The zero-order chi connectivity index (χ0) is 14.3. The summed E-state index contributed by atoms with van der Waals surface area (Å²) in [5, 5.41) is 0. The summed E-state index contributed by atoms with van der Waals surface area (Å²) in [5.41, 5.74) is 9.53. The van der Waals surface area contributed by atoms with Crippen molar-refractivity contribution in [2.75, 3.05) is 19.6 Å². The molecule has 2 bridgehead atoms. The molecule has 21 heavy (non-hydrogen) atoms. The van der Waals surface area contributed by atoms with Gasteiger partial charge in [-0.2, -0.15) is 0 Å². The molecule has 2 N–H and O–H groups in total. The van der Waals surface area contributed by atoms with Crippen molar-refractivity contribution in [3.05, 3.63) is 35.4 Å². The summed E-state index contributed by atoms with van der Waals surface area (Å²) < 4.78 is 0. The highest BCUT2D eigenvalue weighted by Gasteiger charge is 2.35. The van der Waals surface area contributed by atoms with Crippen LogP contribution in [0.5, 0.6) is 0 Å². The number of hydrogen-bond donors (Lipinski definition) is 1. The van der Waals surface area contributed by atoms with Crippen molar-refractivity contribution < 1.29 is 0 Å². The summed E-state index contributed by atoms with van der Waals surface area (Å²) in [6.07, 6.45) is 9.05. The molecule has 0 spiro atoms. The van der Waals surface area contributed by atoms with Crippen LogP contribution in [0.15, 0.2) is 24.3 Å². The van der Waals surface area contributed by atoms with E-state index >= 15 is 0 Å². The Labute approximate surface area is 128 Å². The van der Waals surface area contributed by atoms with Crippen LogP contribution in [0.4, 0.5) is 0 Å². The van der Waals surface area contributed by atoms with E-state index in [0.29, 0.717) is 0 Å². The Morgan fingerprint density at radius 3 is 2.19 bits per heavy atom. The molecule has 2 nitrogen and oxygen atoms in total. The zero-order valence-electron chi connectivity index (χ0n) is 13.1. The maximum atomic E-state index is 6.66. The molecule has 1 aromatic carbocycles. The van der Waals surface area contributed by atoms with Gasteiger partial charge in [0.1, 0.15) is 0 Å². The lowest BCUT2D eigenvalue weighted by Gasteiger charge is -2.45. The van der Waals surface area contributed by atoms with Crippen molar-refractivity contribution in [3.63, 3.8) is 0 Å². The number of rotatable bonds is 2. The summed E-state index contributed by atoms with van der Waals surface area (Å²) in [4.78, 5) is 2.64. The predicted octanol–water partition coefficient (Wildman–Crippen LogP) is 3.61. The minimum Gasteiger partial charge on any atom is -0.321 e. The highest BCUT2D eigenvalue weighted by molar-refractivity contribution is 5.31. The van der Waals surface area contributed by atoms with Gasteiger partial charge in [-0.15, -0.1) is 0 Å². The van der Waals surface area contributed by atoms with Crippen molar-refractivity contribution in [1.82, 2.24) is 4.90 Å². The Kier molecular flexibility index (Phi) is 3.55. The lowest BCUT2D eigenvalue weighted by molar-refractivity contribution is 0.0871. The van der Waals surface area contributed by atoms with Gasteiger partial charge in [-0.1, -0.05) is 43.5 Å². The molecule has 1 aromatic rings. The highest BCUT2D eigenvalue weighted by atomic mass is 15.1. The Morgan fingerprint density at radius 2 is 1.62 bits per heavy atom. The third-order valence-electron chi connectivity index (χ3n) is 6.32. The smallest absolute Gasteiger partial charge is 0.0409 e. The second-order valence-corrected chi connectivity index (χ2v) is 7.58. The Morgan fingerprint density at radius 1 is 0.952 bits per heavy atom. The summed E-state index contributed by atoms with van der Waals surface area (Å²) in [7, 11) is 0. The van der Waals surface area contributed by atoms with E-state index in [9.17, 15) is 0 Å². The maximum absolute atomic E-state index is 6.66. The summed E-state index contributed by atoms with van der Waals surface area (Å²) >= 11 is 0.